The molecule has 1 amide bonds. The van der Waals surface area contributed by atoms with Gasteiger partial charge in [-0.25, -0.2) is 4.98 Å². The van der Waals surface area contributed by atoms with E-state index in [2.05, 4.69) is 51.4 Å². The van der Waals surface area contributed by atoms with Gasteiger partial charge in [0.2, 0.25) is 5.91 Å². The Morgan fingerprint density at radius 3 is 2.74 bits per heavy atom. The quantitative estimate of drug-likeness (QED) is 0.766. The predicted molar refractivity (Wildman–Crippen MR) is 102 cm³/mol. The molecule has 1 aromatic heterocycles. The number of benzene rings is 1. The minimum atomic E-state index is -0.235. The van der Waals surface area contributed by atoms with Gasteiger partial charge in [0, 0.05) is 28.0 Å². The van der Waals surface area contributed by atoms with E-state index < -0.39 is 0 Å². The van der Waals surface area contributed by atoms with Gasteiger partial charge in [0.05, 0.1) is 5.92 Å². The van der Waals surface area contributed by atoms with Crippen molar-refractivity contribution < 1.29 is 4.79 Å². The van der Waals surface area contributed by atoms with Crippen LogP contribution < -0.4 is 11.1 Å². The number of nitrogens with two attached hydrogens (primary N) is 1. The molecule has 23 heavy (non-hydrogen) atoms. The molecule has 0 radical (unpaired) electrons. The van der Waals surface area contributed by atoms with Crippen molar-refractivity contribution in [2.45, 2.75) is 33.2 Å². The van der Waals surface area contributed by atoms with Gasteiger partial charge in [-0.15, -0.1) is 23.7 Å². The van der Waals surface area contributed by atoms with Crippen molar-refractivity contribution in [3.05, 3.63) is 44.9 Å². The molecule has 2 unspecified atom stereocenters. The number of thiazole rings is 1. The van der Waals surface area contributed by atoms with Crippen molar-refractivity contribution in [1.29, 1.82) is 0 Å². The average molecular weight is 419 g/mol. The summed E-state index contributed by atoms with van der Waals surface area (Å²) in [6, 6.07) is 6.12. The Morgan fingerprint density at radius 2 is 2.13 bits per heavy atom. The predicted octanol–water partition coefficient (Wildman–Crippen LogP) is 4.15. The topological polar surface area (TPSA) is 68.0 Å². The molecule has 4 nitrogen and oxygen atoms in total. The van der Waals surface area contributed by atoms with E-state index >= 15 is 0 Å². The van der Waals surface area contributed by atoms with E-state index in [1.807, 2.05) is 20.0 Å². The van der Waals surface area contributed by atoms with Crippen LogP contribution in [0.1, 0.15) is 29.9 Å². The van der Waals surface area contributed by atoms with Gasteiger partial charge in [-0.05, 0) is 31.0 Å². The first-order chi connectivity index (χ1) is 10.4. The molecule has 0 aliphatic carbocycles. The highest BCUT2D eigenvalue weighted by molar-refractivity contribution is 9.10. The molecule has 1 aromatic carbocycles. The Hall–Kier alpha value is -0.950. The van der Waals surface area contributed by atoms with Gasteiger partial charge in [-0.2, -0.15) is 0 Å². The Morgan fingerprint density at radius 1 is 1.43 bits per heavy atom. The molecule has 2 aromatic rings. The first-order valence-corrected chi connectivity index (χ1v) is 8.74. The van der Waals surface area contributed by atoms with Crippen molar-refractivity contribution in [2.75, 3.05) is 5.32 Å². The number of hydrogen-bond donors (Lipinski definition) is 2. The van der Waals surface area contributed by atoms with Crippen molar-refractivity contribution in [3.63, 3.8) is 0 Å². The molecule has 7 heteroatoms. The molecule has 0 spiro atoms. The smallest absolute Gasteiger partial charge is 0.230 e. The zero-order chi connectivity index (χ0) is 16.3. The molecule has 2 rings (SSSR count). The summed E-state index contributed by atoms with van der Waals surface area (Å²) in [5.41, 5.74) is 8.18. The zero-order valence-corrected chi connectivity index (χ0v) is 16.5. The minimum Gasteiger partial charge on any atom is -0.327 e. The van der Waals surface area contributed by atoms with E-state index in [9.17, 15) is 4.79 Å². The number of rotatable bonds is 5. The Kier molecular flexibility index (Phi) is 7.67. The average Bonchev–Trinajstić information content (AvgIpc) is 2.89. The summed E-state index contributed by atoms with van der Waals surface area (Å²) in [5.74, 6) is -0.322. The number of halogens is 2. The van der Waals surface area contributed by atoms with Crippen LogP contribution in [0.5, 0.6) is 0 Å². The molecular formula is C16H21BrClN3OS. The van der Waals surface area contributed by atoms with Gasteiger partial charge in [0.25, 0.3) is 0 Å². The molecular weight excluding hydrogens is 398 g/mol. The number of carbonyl (C=O) groups is 1. The maximum Gasteiger partial charge on any atom is 0.230 e. The molecule has 0 saturated heterocycles. The third-order valence-electron chi connectivity index (χ3n) is 3.59. The summed E-state index contributed by atoms with van der Waals surface area (Å²) in [4.78, 5) is 17.4. The maximum absolute atomic E-state index is 12.0. The highest BCUT2D eigenvalue weighted by Gasteiger charge is 2.18. The lowest BCUT2D eigenvalue weighted by atomic mass is 10.0. The van der Waals surface area contributed by atoms with Gasteiger partial charge in [-0.1, -0.05) is 35.0 Å². The maximum atomic E-state index is 12.0. The number of aromatic nitrogens is 1. The Labute approximate surface area is 155 Å². The fourth-order valence-electron chi connectivity index (χ4n) is 1.92. The Bertz CT molecular complexity index is 675. The number of nitrogens with one attached hydrogen (secondary N) is 1. The van der Waals surface area contributed by atoms with Crippen LogP contribution in [-0.2, 0) is 11.2 Å². The van der Waals surface area contributed by atoms with E-state index in [0.29, 0.717) is 5.13 Å². The first-order valence-electron chi connectivity index (χ1n) is 7.13. The normalized spacial score (nSPS) is 13.1. The second-order valence-corrected chi connectivity index (χ2v) is 7.50. The van der Waals surface area contributed by atoms with Crippen LogP contribution in [0.2, 0.25) is 0 Å². The molecule has 1 heterocycles. The van der Waals surface area contributed by atoms with Gasteiger partial charge < -0.3 is 11.1 Å². The number of carbonyl (C=O) groups excluding carboxylic acids is 1. The van der Waals surface area contributed by atoms with Crippen molar-refractivity contribution in [3.8, 4) is 0 Å². The van der Waals surface area contributed by atoms with Gasteiger partial charge >= 0.3 is 0 Å². The summed E-state index contributed by atoms with van der Waals surface area (Å²) >= 11 is 5.00. The fourth-order valence-corrected chi connectivity index (χ4v) is 3.02. The van der Waals surface area contributed by atoms with Crippen molar-refractivity contribution >= 4 is 50.7 Å². The number of aryl methyl sites for hydroxylation is 1. The summed E-state index contributed by atoms with van der Waals surface area (Å²) in [6.07, 6.45) is 2.62. The number of hydrogen-bond acceptors (Lipinski definition) is 4. The third-order valence-corrected chi connectivity index (χ3v) is 5.39. The van der Waals surface area contributed by atoms with Gasteiger partial charge in [0.15, 0.2) is 5.13 Å². The lowest BCUT2D eigenvalue weighted by Crippen LogP contribution is -2.34. The van der Waals surface area contributed by atoms with Crippen LogP contribution in [0.25, 0.3) is 0 Å². The molecule has 2 atom stereocenters. The van der Waals surface area contributed by atoms with E-state index in [1.54, 1.807) is 0 Å². The fraction of sp³-hybridized carbons (Fsp3) is 0.375. The van der Waals surface area contributed by atoms with Crippen LogP contribution in [0.4, 0.5) is 5.13 Å². The van der Waals surface area contributed by atoms with Crippen LogP contribution in [0.3, 0.4) is 0 Å². The monoisotopic (exact) mass is 417 g/mol. The van der Waals surface area contributed by atoms with Gasteiger partial charge in [0.1, 0.15) is 0 Å². The Balaban J connectivity index is 0.00000264. The van der Waals surface area contributed by atoms with E-state index in [-0.39, 0.29) is 30.3 Å². The first kappa shape index (κ1) is 20.1. The van der Waals surface area contributed by atoms with E-state index in [0.717, 1.165) is 15.8 Å². The second-order valence-electron chi connectivity index (χ2n) is 5.53. The van der Waals surface area contributed by atoms with Crippen LogP contribution >= 0.6 is 39.7 Å². The highest BCUT2D eigenvalue weighted by Crippen LogP contribution is 2.24. The van der Waals surface area contributed by atoms with Gasteiger partial charge in [-0.3, -0.25) is 4.79 Å². The van der Waals surface area contributed by atoms with E-state index in [1.165, 1.54) is 22.5 Å². The SMILES string of the molecule is Cc1cc(Cc2cnc(NC(=O)C(C)C(C)N)s2)ccc1Br.Cl. The van der Waals surface area contributed by atoms with Crippen LogP contribution in [-0.4, -0.2) is 16.9 Å². The van der Waals surface area contributed by atoms with Crippen molar-refractivity contribution in [1.82, 2.24) is 4.98 Å². The number of amides is 1. The second kappa shape index (κ2) is 8.78. The molecule has 0 aliphatic rings. The summed E-state index contributed by atoms with van der Waals surface area (Å²) in [5, 5.41) is 3.46. The van der Waals surface area contributed by atoms with Crippen LogP contribution in [0.15, 0.2) is 28.9 Å². The molecule has 0 fully saturated rings. The molecule has 126 valence electrons. The minimum absolute atomic E-state index is 0. The lowest BCUT2D eigenvalue weighted by Gasteiger charge is -2.13. The number of anilines is 1. The van der Waals surface area contributed by atoms with Crippen molar-refractivity contribution in [2.24, 2.45) is 11.7 Å². The lowest BCUT2D eigenvalue weighted by molar-refractivity contribution is -0.119. The largest absolute Gasteiger partial charge is 0.327 e. The van der Waals surface area contributed by atoms with E-state index in [4.69, 9.17) is 5.73 Å². The summed E-state index contributed by atoms with van der Waals surface area (Å²) in [7, 11) is 0. The van der Waals surface area contributed by atoms with Crippen LogP contribution in [0, 0.1) is 12.8 Å². The molecule has 3 N–H and O–H groups in total. The highest BCUT2D eigenvalue weighted by atomic mass is 79.9. The zero-order valence-electron chi connectivity index (χ0n) is 13.3. The molecule has 0 bridgehead atoms. The third kappa shape index (κ3) is 5.57. The summed E-state index contributed by atoms with van der Waals surface area (Å²) < 4.78 is 1.11. The molecule has 0 saturated carbocycles. The number of nitrogens with zero attached hydrogens (tertiary/aromatic N) is 1. The standard InChI is InChI=1S/C16H20BrN3OS.ClH/c1-9-6-12(4-5-14(9)17)7-13-8-19-16(22-13)20-15(21)10(2)11(3)18;/h4-6,8,10-11H,7,18H2,1-3H3,(H,19,20,21);1H. The summed E-state index contributed by atoms with van der Waals surface area (Å²) in [6.45, 7) is 5.72. The molecule has 0 aliphatic heterocycles.